The molecule has 0 aliphatic heterocycles. The molecule has 0 aromatic heterocycles. The molecule has 1 unspecified atom stereocenters. The van der Waals surface area contributed by atoms with Gasteiger partial charge < -0.3 is 24.8 Å². The number of rotatable bonds is 4. The van der Waals surface area contributed by atoms with Gasteiger partial charge in [-0.05, 0) is 62.4 Å². The van der Waals surface area contributed by atoms with Crippen LogP contribution < -0.4 is 24.8 Å². The van der Waals surface area contributed by atoms with Crippen LogP contribution in [0.25, 0.3) is 22.3 Å². The normalized spacial score (nSPS) is 13.6. The van der Waals surface area contributed by atoms with Crippen LogP contribution in [-0.2, 0) is 26.2 Å². The first kappa shape index (κ1) is 27.6. The fraction of sp³-hybridized carbons (Fsp3) is 0.118. The van der Waals surface area contributed by atoms with E-state index in [1.54, 1.807) is 0 Å². The van der Waals surface area contributed by atoms with Gasteiger partial charge in [-0.15, -0.1) is 0 Å². The van der Waals surface area contributed by atoms with Gasteiger partial charge in [0.05, 0.1) is 0 Å². The Bertz CT molecular complexity index is 1420. The number of hydrogen-bond acceptors (Lipinski definition) is 0. The average Bonchev–Trinajstić information content (AvgIpc) is 3.41. The van der Waals surface area contributed by atoms with Gasteiger partial charge in [0.2, 0.25) is 0 Å². The van der Waals surface area contributed by atoms with Crippen molar-refractivity contribution >= 4 is 0 Å². The number of hydrogen-bond donors (Lipinski definition) is 0. The van der Waals surface area contributed by atoms with Crippen LogP contribution in [0.2, 0.25) is 0 Å². The summed E-state index contributed by atoms with van der Waals surface area (Å²) < 4.78 is 0. The van der Waals surface area contributed by atoms with Crippen LogP contribution in [0, 0.1) is 0 Å². The standard InChI is InChI=1S/C34H26.2ClH.Zr/c1-2-12-23(13-3-1)32(34-30-20-10-8-16-26(30)27-17-9-11-21-31(27)34)22-33-28-18-6-4-14-24(28)25-15-5-7-19-29(25)33;;;/h1-21,32-34H,22H2;2*1H;/q;;;+2/p-2. The smallest absolute Gasteiger partial charge is 1.00 e. The van der Waals surface area contributed by atoms with E-state index in [1.807, 2.05) is 0 Å². The van der Waals surface area contributed by atoms with Crippen LogP contribution in [0.3, 0.4) is 0 Å². The molecule has 0 nitrogen and oxygen atoms in total. The molecular weight excluding hydrogens is 571 g/mol. The van der Waals surface area contributed by atoms with Crippen LogP contribution in [0.1, 0.15) is 52.0 Å². The van der Waals surface area contributed by atoms with Crippen LogP contribution in [-0.4, -0.2) is 0 Å². The van der Waals surface area contributed by atoms with Crippen LogP contribution in [0.5, 0.6) is 0 Å². The summed E-state index contributed by atoms with van der Waals surface area (Å²) in [6, 6.07) is 47.3. The monoisotopic (exact) mass is 594 g/mol. The van der Waals surface area contributed by atoms with Gasteiger partial charge in [-0.3, -0.25) is 0 Å². The Hall–Kier alpha value is -2.44. The molecule has 5 aromatic rings. The molecule has 3 heteroatoms. The molecule has 0 saturated carbocycles. The molecule has 2 aliphatic rings. The Morgan fingerprint density at radius 3 is 1.24 bits per heavy atom. The molecule has 0 amide bonds. The van der Waals surface area contributed by atoms with Gasteiger partial charge in [0.15, 0.2) is 0 Å². The molecule has 0 heterocycles. The second-order valence-corrected chi connectivity index (χ2v) is 9.63. The predicted octanol–water partition coefficient (Wildman–Crippen LogP) is 2.79. The minimum atomic E-state index is 0. The second-order valence-electron chi connectivity index (χ2n) is 9.63. The van der Waals surface area contributed by atoms with Crippen molar-refractivity contribution in [3.63, 3.8) is 0 Å². The molecule has 5 aromatic carbocycles. The van der Waals surface area contributed by atoms with E-state index in [2.05, 4.69) is 127 Å². The molecule has 7 rings (SSSR count). The van der Waals surface area contributed by atoms with Crippen molar-refractivity contribution in [3.8, 4) is 22.3 Å². The van der Waals surface area contributed by atoms with Crippen LogP contribution >= 0.6 is 0 Å². The third-order valence-corrected chi connectivity index (χ3v) is 7.96. The molecule has 0 fully saturated rings. The summed E-state index contributed by atoms with van der Waals surface area (Å²) in [6.07, 6.45) is 1.09. The molecule has 0 bridgehead atoms. The molecule has 1 atom stereocenters. The van der Waals surface area contributed by atoms with Gasteiger partial charge in [-0.2, -0.15) is 0 Å². The van der Waals surface area contributed by atoms with Crippen molar-refractivity contribution in [1.82, 2.24) is 0 Å². The van der Waals surface area contributed by atoms with Crippen molar-refractivity contribution in [3.05, 3.63) is 155 Å². The Balaban J connectivity index is 0.00000107. The van der Waals surface area contributed by atoms with Gasteiger partial charge >= 0.3 is 26.2 Å². The van der Waals surface area contributed by atoms with Crippen molar-refractivity contribution in [2.24, 2.45) is 0 Å². The van der Waals surface area contributed by atoms with E-state index >= 15 is 0 Å². The second kappa shape index (κ2) is 11.5. The molecule has 0 saturated heterocycles. The first-order valence-electron chi connectivity index (χ1n) is 12.3. The zero-order valence-electron chi connectivity index (χ0n) is 20.3. The van der Waals surface area contributed by atoms with Crippen molar-refractivity contribution in [2.45, 2.75) is 24.2 Å². The summed E-state index contributed by atoms with van der Waals surface area (Å²) in [6.45, 7) is 0. The van der Waals surface area contributed by atoms with Gasteiger partial charge in [-0.25, -0.2) is 0 Å². The molecular formula is C34H26Cl2Zr. The Morgan fingerprint density at radius 1 is 0.432 bits per heavy atom. The summed E-state index contributed by atoms with van der Waals surface area (Å²) in [5, 5.41) is 0. The van der Waals surface area contributed by atoms with E-state index in [9.17, 15) is 0 Å². The molecule has 2 aliphatic carbocycles. The van der Waals surface area contributed by atoms with E-state index in [4.69, 9.17) is 0 Å². The quantitative estimate of drug-likeness (QED) is 0.300. The van der Waals surface area contributed by atoms with Gasteiger partial charge in [0, 0.05) is 11.8 Å². The molecule has 37 heavy (non-hydrogen) atoms. The van der Waals surface area contributed by atoms with E-state index < -0.39 is 0 Å². The molecule has 0 N–H and O–H groups in total. The Kier molecular flexibility index (Phi) is 8.60. The SMILES string of the molecule is [Cl-].[Cl-].[Zr+2].c1ccc(C(CC2c3ccccc3-c3ccccc32)C2c3ccccc3-c3ccccc32)cc1. The fourth-order valence-corrected chi connectivity index (χ4v) is 6.56. The van der Waals surface area contributed by atoms with Gasteiger partial charge in [0.1, 0.15) is 0 Å². The zero-order valence-corrected chi connectivity index (χ0v) is 24.3. The zero-order chi connectivity index (χ0) is 22.5. The largest absolute Gasteiger partial charge is 2.00 e. The average molecular weight is 597 g/mol. The van der Waals surface area contributed by atoms with E-state index in [-0.39, 0.29) is 51.0 Å². The third-order valence-electron chi connectivity index (χ3n) is 7.96. The van der Waals surface area contributed by atoms with Crippen molar-refractivity contribution < 1.29 is 51.0 Å². The first-order chi connectivity index (χ1) is 16.9. The number of fused-ring (bicyclic) bond motifs is 6. The third kappa shape index (κ3) is 4.57. The topological polar surface area (TPSA) is 0 Å². The summed E-state index contributed by atoms with van der Waals surface area (Å²) in [5.41, 5.74) is 12.9. The summed E-state index contributed by atoms with van der Waals surface area (Å²) in [4.78, 5) is 0. The molecule has 0 radical (unpaired) electrons. The Labute approximate surface area is 251 Å². The fourth-order valence-electron chi connectivity index (χ4n) is 6.56. The Morgan fingerprint density at radius 2 is 0.784 bits per heavy atom. The van der Waals surface area contributed by atoms with Crippen LogP contribution in [0.4, 0.5) is 0 Å². The maximum absolute atomic E-state index is 2.35. The summed E-state index contributed by atoms with van der Waals surface area (Å²) in [5.74, 6) is 1.14. The van der Waals surface area contributed by atoms with Crippen molar-refractivity contribution in [1.29, 1.82) is 0 Å². The van der Waals surface area contributed by atoms with E-state index in [1.165, 1.54) is 50.1 Å². The summed E-state index contributed by atoms with van der Waals surface area (Å²) in [7, 11) is 0. The van der Waals surface area contributed by atoms with E-state index in [0.717, 1.165) is 6.42 Å². The molecule has 180 valence electrons. The maximum Gasteiger partial charge on any atom is 2.00 e. The first-order valence-corrected chi connectivity index (χ1v) is 12.3. The van der Waals surface area contributed by atoms with E-state index in [0.29, 0.717) is 17.8 Å². The van der Waals surface area contributed by atoms with Gasteiger partial charge in [0.25, 0.3) is 0 Å². The predicted molar refractivity (Wildman–Crippen MR) is 141 cm³/mol. The minimum absolute atomic E-state index is 0. The minimum Gasteiger partial charge on any atom is -1.00 e. The number of benzene rings is 5. The van der Waals surface area contributed by atoms with Gasteiger partial charge in [-0.1, -0.05) is 127 Å². The summed E-state index contributed by atoms with van der Waals surface area (Å²) >= 11 is 0. The maximum atomic E-state index is 2.35. The van der Waals surface area contributed by atoms with Crippen molar-refractivity contribution in [2.75, 3.05) is 0 Å². The number of halogens is 2. The molecule has 0 spiro atoms. The van der Waals surface area contributed by atoms with Crippen LogP contribution in [0.15, 0.2) is 127 Å².